The summed E-state index contributed by atoms with van der Waals surface area (Å²) in [4.78, 5) is 2.55. The van der Waals surface area contributed by atoms with Crippen molar-refractivity contribution in [1.29, 1.82) is 0 Å². The summed E-state index contributed by atoms with van der Waals surface area (Å²) in [7, 11) is 0. The molecule has 5 nitrogen and oxygen atoms in total. The van der Waals surface area contributed by atoms with Crippen LogP contribution in [0.15, 0.2) is 29.4 Å². The van der Waals surface area contributed by atoms with Gasteiger partial charge < -0.3 is 15.7 Å². The molecule has 1 aromatic rings. The number of nitrogens with two attached hydrogens (primary N) is 1. The zero-order valence-corrected chi connectivity index (χ0v) is 12.8. The van der Waals surface area contributed by atoms with Gasteiger partial charge in [0.25, 0.3) is 0 Å². The van der Waals surface area contributed by atoms with E-state index in [9.17, 15) is 0 Å². The van der Waals surface area contributed by atoms with Crippen molar-refractivity contribution in [1.82, 2.24) is 4.90 Å². The summed E-state index contributed by atoms with van der Waals surface area (Å²) >= 11 is 0. The first kappa shape index (κ1) is 15.6. The molecule has 0 aromatic heterocycles. The summed E-state index contributed by atoms with van der Waals surface area (Å²) in [6, 6.07) is 8.62. The first-order chi connectivity index (χ1) is 10.2. The molecular formula is C16H25N3O2. The first-order valence-electron chi connectivity index (χ1n) is 7.62. The van der Waals surface area contributed by atoms with Crippen LogP contribution in [-0.2, 0) is 0 Å². The molecule has 1 aromatic carbocycles. The second-order valence-electron chi connectivity index (χ2n) is 5.58. The monoisotopic (exact) mass is 291 g/mol. The van der Waals surface area contributed by atoms with Gasteiger partial charge in [-0.15, -0.1) is 0 Å². The second kappa shape index (κ2) is 7.31. The van der Waals surface area contributed by atoms with Crippen LogP contribution >= 0.6 is 0 Å². The predicted octanol–water partition coefficient (Wildman–Crippen LogP) is 2.42. The minimum absolute atomic E-state index is 0.109. The molecule has 2 rings (SSSR count). The molecule has 116 valence electrons. The van der Waals surface area contributed by atoms with E-state index < -0.39 is 0 Å². The molecule has 1 aliphatic heterocycles. The highest BCUT2D eigenvalue weighted by Crippen LogP contribution is 2.25. The predicted molar refractivity (Wildman–Crippen MR) is 83.9 cm³/mol. The van der Waals surface area contributed by atoms with E-state index in [-0.39, 0.29) is 5.84 Å². The number of ether oxygens (including phenoxy) is 1. The highest BCUT2D eigenvalue weighted by Gasteiger charge is 2.28. The van der Waals surface area contributed by atoms with E-state index in [4.69, 9.17) is 15.7 Å². The zero-order valence-electron chi connectivity index (χ0n) is 12.8. The molecule has 2 unspecified atom stereocenters. The van der Waals surface area contributed by atoms with Crippen molar-refractivity contribution < 1.29 is 9.94 Å². The van der Waals surface area contributed by atoms with Gasteiger partial charge in [0, 0.05) is 24.2 Å². The standard InChI is InChI=1S/C16H25N3O2/c1-3-14-7-4-12(2)19(14)10-11-21-15-8-5-13(6-9-15)16(17)18-20/h5-6,8-9,12,14,20H,3-4,7,10-11H2,1-2H3,(H2,17,18). The van der Waals surface area contributed by atoms with Crippen LogP contribution in [0, 0.1) is 0 Å². The number of rotatable bonds is 6. The molecule has 1 heterocycles. The summed E-state index contributed by atoms with van der Waals surface area (Å²) in [5, 5.41) is 11.6. The molecule has 21 heavy (non-hydrogen) atoms. The minimum Gasteiger partial charge on any atom is -0.492 e. The van der Waals surface area contributed by atoms with Gasteiger partial charge >= 0.3 is 0 Å². The van der Waals surface area contributed by atoms with Crippen LogP contribution in [0.1, 0.15) is 38.7 Å². The van der Waals surface area contributed by atoms with Crippen molar-refractivity contribution in [2.75, 3.05) is 13.2 Å². The number of oxime groups is 1. The van der Waals surface area contributed by atoms with Crippen molar-refractivity contribution >= 4 is 5.84 Å². The zero-order chi connectivity index (χ0) is 15.2. The maximum Gasteiger partial charge on any atom is 0.170 e. The van der Waals surface area contributed by atoms with Crippen LogP contribution in [0.25, 0.3) is 0 Å². The third-order valence-electron chi connectivity index (χ3n) is 4.30. The molecule has 2 atom stereocenters. The number of likely N-dealkylation sites (tertiary alicyclic amines) is 1. The lowest BCUT2D eigenvalue weighted by Crippen LogP contribution is -2.37. The summed E-state index contributed by atoms with van der Waals surface area (Å²) in [5.41, 5.74) is 6.21. The van der Waals surface area contributed by atoms with E-state index in [0.29, 0.717) is 24.3 Å². The fourth-order valence-corrected chi connectivity index (χ4v) is 3.02. The van der Waals surface area contributed by atoms with Crippen molar-refractivity contribution in [3.63, 3.8) is 0 Å². The molecule has 0 amide bonds. The van der Waals surface area contributed by atoms with Crippen molar-refractivity contribution in [2.45, 2.75) is 45.2 Å². The lowest BCUT2D eigenvalue weighted by molar-refractivity contribution is 0.159. The fourth-order valence-electron chi connectivity index (χ4n) is 3.02. The van der Waals surface area contributed by atoms with E-state index in [0.717, 1.165) is 12.3 Å². The highest BCUT2D eigenvalue weighted by molar-refractivity contribution is 5.97. The lowest BCUT2D eigenvalue weighted by Gasteiger charge is -2.27. The van der Waals surface area contributed by atoms with Crippen LogP contribution in [0.3, 0.4) is 0 Å². The normalized spacial score (nSPS) is 23.4. The average Bonchev–Trinajstić information content (AvgIpc) is 2.87. The van der Waals surface area contributed by atoms with Crippen LogP contribution in [0.2, 0.25) is 0 Å². The van der Waals surface area contributed by atoms with Crippen molar-refractivity contribution in [2.24, 2.45) is 10.9 Å². The van der Waals surface area contributed by atoms with Crippen LogP contribution in [0.4, 0.5) is 0 Å². The Kier molecular flexibility index (Phi) is 5.44. The van der Waals surface area contributed by atoms with Gasteiger partial charge in [-0.3, -0.25) is 4.90 Å². The van der Waals surface area contributed by atoms with E-state index in [2.05, 4.69) is 23.9 Å². The maximum absolute atomic E-state index is 8.62. The van der Waals surface area contributed by atoms with E-state index in [1.54, 1.807) is 12.1 Å². The number of benzene rings is 1. The Morgan fingerprint density at radius 3 is 2.71 bits per heavy atom. The van der Waals surface area contributed by atoms with Crippen LogP contribution in [-0.4, -0.2) is 41.2 Å². The van der Waals surface area contributed by atoms with E-state index >= 15 is 0 Å². The molecule has 1 fully saturated rings. The van der Waals surface area contributed by atoms with Gasteiger partial charge in [0.05, 0.1) is 0 Å². The molecule has 1 saturated heterocycles. The SMILES string of the molecule is CCC1CCC(C)N1CCOc1ccc(/C(N)=N/O)cc1. The third-order valence-corrected chi connectivity index (χ3v) is 4.30. The summed E-state index contributed by atoms with van der Waals surface area (Å²) < 4.78 is 5.79. The van der Waals surface area contributed by atoms with E-state index in [1.807, 2.05) is 12.1 Å². The quantitative estimate of drug-likeness (QED) is 0.365. The Bertz CT molecular complexity index is 473. The molecule has 5 heteroatoms. The molecule has 0 spiro atoms. The summed E-state index contributed by atoms with van der Waals surface area (Å²) in [6.45, 7) is 6.19. The van der Waals surface area contributed by atoms with E-state index in [1.165, 1.54) is 19.3 Å². The number of hydrogen-bond acceptors (Lipinski definition) is 4. The molecule has 0 saturated carbocycles. The third kappa shape index (κ3) is 3.88. The maximum atomic E-state index is 8.62. The topological polar surface area (TPSA) is 71.1 Å². The molecule has 1 aliphatic rings. The Morgan fingerprint density at radius 2 is 2.10 bits per heavy atom. The average molecular weight is 291 g/mol. The Balaban J connectivity index is 1.83. The van der Waals surface area contributed by atoms with Gasteiger partial charge in [-0.25, -0.2) is 0 Å². The minimum atomic E-state index is 0.109. The number of hydrogen-bond donors (Lipinski definition) is 2. The fraction of sp³-hybridized carbons (Fsp3) is 0.562. The van der Waals surface area contributed by atoms with Gasteiger partial charge in [0.1, 0.15) is 12.4 Å². The second-order valence-corrected chi connectivity index (χ2v) is 5.58. The lowest BCUT2D eigenvalue weighted by atomic mass is 10.1. The Morgan fingerprint density at radius 1 is 1.38 bits per heavy atom. The van der Waals surface area contributed by atoms with Gasteiger partial charge in [-0.2, -0.15) is 0 Å². The first-order valence-corrected chi connectivity index (χ1v) is 7.62. The van der Waals surface area contributed by atoms with Crippen LogP contribution in [0.5, 0.6) is 5.75 Å². The van der Waals surface area contributed by atoms with Crippen LogP contribution < -0.4 is 10.5 Å². The Hall–Kier alpha value is -1.75. The largest absolute Gasteiger partial charge is 0.492 e. The van der Waals surface area contributed by atoms with Gasteiger partial charge in [-0.05, 0) is 50.5 Å². The Labute approximate surface area is 126 Å². The van der Waals surface area contributed by atoms with Gasteiger partial charge in [0.2, 0.25) is 0 Å². The number of amidine groups is 1. The van der Waals surface area contributed by atoms with Gasteiger partial charge in [0.15, 0.2) is 5.84 Å². The molecule has 0 bridgehead atoms. The highest BCUT2D eigenvalue weighted by atomic mass is 16.5. The molecule has 3 N–H and O–H groups in total. The number of nitrogens with zero attached hydrogens (tertiary/aromatic N) is 2. The van der Waals surface area contributed by atoms with Crippen molar-refractivity contribution in [3.05, 3.63) is 29.8 Å². The molecule has 0 aliphatic carbocycles. The van der Waals surface area contributed by atoms with Gasteiger partial charge in [-0.1, -0.05) is 12.1 Å². The smallest absolute Gasteiger partial charge is 0.170 e. The summed E-state index contributed by atoms with van der Waals surface area (Å²) in [6.07, 6.45) is 3.79. The molecule has 0 radical (unpaired) electrons. The van der Waals surface area contributed by atoms with Crippen molar-refractivity contribution in [3.8, 4) is 5.75 Å². The summed E-state index contributed by atoms with van der Waals surface area (Å²) in [5.74, 6) is 0.919. The molecular weight excluding hydrogens is 266 g/mol.